The molecular formula is C11H22F2N2. The quantitative estimate of drug-likeness (QED) is 0.783. The summed E-state index contributed by atoms with van der Waals surface area (Å²) in [5, 5.41) is 3.45. The maximum Gasteiger partial charge on any atom is 0.251 e. The Morgan fingerprint density at radius 3 is 2.40 bits per heavy atom. The molecule has 0 bridgehead atoms. The summed E-state index contributed by atoms with van der Waals surface area (Å²) >= 11 is 0. The number of nitrogens with zero attached hydrogens (tertiary/aromatic N) is 1. The second-order valence-electron chi connectivity index (χ2n) is 5.35. The molecule has 1 heterocycles. The smallest absolute Gasteiger partial charge is 0.251 e. The van der Waals surface area contributed by atoms with Gasteiger partial charge in [0.15, 0.2) is 0 Å². The van der Waals surface area contributed by atoms with E-state index >= 15 is 0 Å². The molecule has 4 heteroatoms. The molecule has 1 saturated heterocycles. The van der Waals surface area contributed by atoms with Gasteiger partial charge in [0.1, 0.15) is 0 Å². The van der Waals surface area contributed by atoms with Crippen LogP contribution in [-0.2, 0) is 0 Å². The lowest BCUT2D eigenvalue weighted by molar-refractivity contribution is -0.0135. The highest BCUT2D eigenvalue weighted by Gasteiger charge is 2.39. The van der Waals surface area contributed by atoms with Gasteiger partial charge in [0.05, 0.1) is 6.54 Å². The first-order valence-corrected chi connectivity index (χ1v) is 5.57. The van der Waals surface area contributed by atoms with E-state index in [1.807, 2.05) is 18.7 Å². The Hall–Kier alpha value is -0.220. The van der Waals surface area contributed by atoms with Crippen molar-refractivity contribution in [2.45, 2.75) is 51.6 Å². The molecule has 0 spiro atoms. The largest absolute Gasteiger partial charge is 0.308 e. The maximum atomic E-state index is 12.5. The van der Waals surface area contributed by atoms with E-state index in [2.05, 4.69) is 19.2 Å². The molecule has 1 rings (SSSR count). The topological polar surface area (TPSA) is 15.3 Å². The average molecular weight is 220 g/mol. The van der Waals surface area contributed by atoms with Crippen LogP contribution in [0.15, 0.2) is 0 Å². The summed E-state index contributed by atoms with van der Waals surface area (Å²) in [6.45, 7) is 9.55. The SMILES string of the molecule is CCC1(C)CN(CC(F)F)C(C)(C)CN1. The lowest BCUT2D eigenvalue weighted by Crippen LogP contribution is -2.67. The number of piperazine rings is 1. The van der Waals surface area contributed by atoms with E-state index in [1.54, 1.807) is 0 Å². The lowest BCUT2D eigenvalue weighted by atomic mass is 9.88. The summed E-state index contributed by atoms with van der Waals surface area (Å²) < 4.78 is 24.9. The Labute approximate surface area is 91.0 Å². The highest BCUT2D eigenvalue weighted by atomic mass is 19.3. The Bertz CT molecular complexity index is 219. The van der Waals surface area contributed by atoms with Crippen LogP contribution in [0.4, 0.5) is 8.78 Å². The summed E-state index contributed by atoms with van der Waals surface area (Å²) in [4.78, 5) is 1.90. The van der Waals surface area contributed by atoms with Crippen molar-refractivity contribution in [2.24, 2.45) is 0 Å². The fraction of sp³-hybridized carbons (Fsp3) is 1.00. The molecule has 90 valence electrons. The first kappa shape index (κ1) is 12.8. The van der Waals surface area contributed by atoms with E-state index in [4.69, 9.17) is 0 Å². The molecule has 2 nitrogen and oxygen atoms in total. The summed E-state index contributed by atoms with van der Waals surface area (Å²) in [7, 11) is 0. The second kappa shape index (κ2) is 4.34. The molecule has 0 aliphatic carbocycles. The average Bonchev–Trinajstić information content (AvgIpc) is 2.12. The van der Waals surface area contributed by atoms with Crippen LogP contribution in [0.25, 0.3) is 0 Å². The summed E-state index contributed by atoms with van der Waals surface area (Å²) in [5.41, 5.74) is -0.199. The number of hydrogen-bond donors (Lipinski definition) is 1. The van der Waals surface area contributed by atoms with Crippen LogP contribution in [0.5, 0.6) is 0 Å². The molecule has 0 amide bonds. The van der Waals surface area contributed by atoms with Gasteiger partial charge in [-0.1, -0.05) is 6.92 Å². The van der Waals surface area contributed by atoms with Crippen LogP contribution in [0.3, 0.4) is 0 Å². The van der Waals surface area contributed by atoms with Crippen LogP contribution in [0, 0.1) is 0 Å². The van der Waals surface area contributed by atoms with Crippen molar-refractivity contribution in [1.29, 1.82) is 0 Å². The Balaban J connectivity index is 2.70. The van der Waals surface area contributed by atoms with Gasteiger partial charge in [-0.2, -0.15) is 0 Å². The lowest BCUT2D eigenvalue weighted by Gasteiger charge is -2.50. The zero-order valence-corrected chi connectivity index (χ0v) is 10.1. The van der Waals surface area contributed by atoms with Crippen LogP contribution >= 0.6 is 0 Å². The van der Waals surface area contributed by atoms with E-state index in [9.17, 15) is 8.78 Å². The van der Waals surface area contributed by atoms with Gasteiger partial charge in [-0.3, -0.25) is 4.90 Å². The fourth-order valence-electron chi connectivity index (χ4n) is 1.95. The molecule has 0 aromatic rings. The molecular weight excluding hydrogens is 198 g/mol. The minimum absolute atomic E-state index is 0.0234. The predicted molar refractivity (Wildman–Crippen MR) is 58.4 cm³/mol. The van der Waals surface area contributed by atoms with Crippen molar-refractivity contribution < 1.29 is 8.78 Å². The van der Waals surface area contributed by atoms with Crippen molar-refractivity contribution in [3.05, 3.63) is 0 Å². The summed E-state index contributed by atoms with van der Waals surface area (Å²) in [6.07, 6.45) is -1.29. The molecule has 1 aliphatic rings. The molecule has 1 aliphatic heterocycles. The zero-order chi connectivity index (χ0) is 11.7. The van der Waals surface area contributed by atoms with E-state index < -0.39 is 6.43 Å². The maximum absolute atomic E-state index is 12.5. The number of rotatable bonds is 3. The van der Waals surface area contributed by atoms with Crippen LogP contribution in [-0.4, -0.2) is 42.0 Å². The molecule has 1 fully saturated rings. The van der Waals surface area contributed by atoms with Crippen molar-refractivity contribution in [3.63, 3.8) is 0 Å². The first-order chi connectivity index (χ1) is 6.79. The van der Waals surface area contributed by atoms with Gasteiger partial charge in [-0.25, -0.2) is 8.78 Å². The third-order valence-electron chi connectivity index (χ3n) is 3.48. The molecule has 0 saturated carbocycles. The van der Waals surface area contributed by atoms with Crippen molar-refractivity contribution in [1.82, 2.24) is 10.2 Å². The van der Waals surface area contributed by atoms with E-state index in [1.165, 1.54) is 0 Å². The van der Waals surface area contributed by atoms with Crippen LogP contribution in [0.1, 0.15) is 34.1 Å². The van der Waals surface area contributed by atoms with Gasteiger partial charge in [0, 0.05) is 24.2 Å². The molecule has 0 radical (unpaired) electrons. The van der Waals surface area contributed by atoms with Crippen molar-refractivity contribution >= 4 is 0 Å². The highest BCUT2D eigenvalue weighted by molar-refractivity contribution is 4.99. The minimum atomic E-state index is -2.25. The van der Waals surface area contributed by atoms with E-state index in [0.29, 0.717) is 6.54 Å². The standard InChI is InChI=1S/C11H22F2N2/c1-5-11(4)8-15(6-9(12)13)10(2,3)7-14-11/h9,14H,5-8H2,1-4H3. The normalized spacial score (nSPS) is 32.2. The van der Waals surface area contributed by atoms with E-state index in [-0.39, 0.29) is 17.6 Å². The third-order valence-corrected chi connectivity index (χ3v) is 3.48. The number of hydrogen-bond acceptors (Lipinski definition) is 2. The second-order valence-corrected chi connectivity index (χ2v) is 5.35. The Morgan fingerprint density at radius 1 is 1.33 bits per heavy atom. The Kier molecular flexibility index (Phi) is 3.71. The van der Waals surface area contributed by atoms with Crippen LogP contribution < -0.4 is 5.32 Å². The molecule has 1 N–H and O–H groups in total. The zero-order valence-electron chi connectivity index (χ0n) is 10.1. The van der Waals surface area contributed by atoms with Crippen molar-refractivity contribution in [3.8, 4) is 0 Å². The van der Waals surface area contributed by atoms with Gasteiger partial charge in [0.2, 0.25) is 0 Å². The number of halogens is 2. The first-order valence-electron chi connectivity index (χ1n) is 5.57. The Morgan fingerprint density at radius 2 is 1.93 bits per heavy atom. The molecule has 15 heavy (non-hydrogen) atoms. The summed E-state index contributed by atoms with van der Waals surface area (Å²) in [6, 6.07) is 0. The van der Waals surface area contributed by atoms with Gasteiger partial charge >= 0.3 is 0 Å². The number of alkyl halides is 2. The van der Waals surface area contributed by atoms with Crippen molar-refractivity contribution in [2.75, 3.05) is 19.6 Å². The fourth-order valence-corrected chi connectivity index (χ4v) is 1.95. The van der Waals surface area contributed by atoms with Crippen LogP contribution in [0.2, 0.25) is 0 Å². The van der Waals surface area contributed by atoms with Gasteiger partial charge in [-0.05, 0) is 27.2 Å². The molecule has 1 unspecified atom stereocenters. The number of nitrogens with one attached hydrogen (secondary N) is 1. The third kappa shape index (κ3) is 3.11. The monoisotopic (exact) mass is 220 g/mol. The molecule has 0 aromatic carbocycles. The van der Waals surface area contributed by atoms with E-state index in [0.717, 1.165) is 13.0 Å². The van der Waals surface area contributed by atoms with Gasteiger partial charge < -0.3 is 5.32 Å². The predicted octanol–water partition coefficient (Wildman–Crippen LogP) is 2.10. The van der Waals surface area contributed by atoms with Gasteiger partial charge in [-0.15, -0.1) is 0 Å². The minimum Gasteiger partial charge on any atom is -0.308 e. The molecule has 1 atom stereocenters. The van der Waals surface area contributed by atoms with Gasteiger partial charge in [0.25, 0.3) is 6.43 Å². The highest BCUT2D eigenvalue weighted by Crippen LogP contribution is 2.26. The molecule has 0 aromatic heterocycles. The summed E-state index contributed by atoms with van der Waals surface area (Å²) in [5.74, 6) is 0.